The maximum absolute atomic E-state index is 13.3. The van der Waals surface area contributed by atoms with E-state index in [0.29, 0.717) is 0 Å². The number of nitrogens with zero attached hydrogens (tertiary/aromatic N) is 2. The molecule has 0 spiro atoms. The highest BCUT2D eigenvalue weighted by molar-refractivity contribution is 5.57. The average molecular weight is 423 g/mol. The summed E-state index contributed by atoms with van der Waals surface area (Å²) in [7, 11) is 0. The van der Waals surface area contributed by atoms with E-state index in [9.17, 15) is 4.39 Å². The molecule has 1 aliphatic carbocycles. The first-order valence-corrected chi connectivity index (χ1v) is 11.1. The number of hydrogen-bond acceptors (Lipinski definition) is 3. The van der Waals surface area contributed by atoms with Crippen LogP contribution < -0.4 is 0 Å². The fraction of sp³-hybridized carbons (Fsp3) is 0.423. The van der Waals surface area contributed by atoms with Crippen LogP contribution in [-0.4, -0.2) is 27.8 Å². The van der Waals surface area contributed by atoms with Crippen molar-refractivity contribution in [1.82, 2.24) is 9.78 Å². The Labute approximate surface area is 184 Å². The van der Waals surface area contributed by atoms with Crippen LogP contribution in [0, 0.1) is 11.2 Å². The molecule has 164 valence electrons. The van der Waals surface area contributed by atoms with E-state index < -0.39 is 5.79 Å². The number of halogens is 1. The Morgan fingerprint density at radius 3 is 2.35 bits per heavy atom. The van der Waals surface area contributed by atoms with Crippen molar-refractivity contribution in [2.45, 2.75) is 65.0 Å². The van der Waals surface area contributed by atoms with Gasteiger partial charge in [-0.05, 0) is 56.2 Å². The minimum absolute atomic E-state index is 0.110. The van der Waals surface area contributed by atoms with Gasteiger partial charge in [-0.25, -0.2) is 9.07 Å². The van der Waals surface area contributed by atoms with Crippen LogP contribution in [0.15, 0.2) is 60.8 Å². The van der Waals surface area contributed by atoms with Gasteiger partial charge in [0.25, 0.3) is 0 Å². The summed E-state index contributed by atoms with van der Waals surface area (Å²) in [5.74, 6) is -0.973. The van der Waals surface area contributed by atoms with Gasteiger partial charge in [-0.3, -0.25) is 0 Å². The van der Waals surface area contributed by atoms with E-state index in [1.165, 1.54) is 12.1 Å². The van der Waals surface area contributed by atoms with E-state index in [1.807, 2.05) is 36.9 Å². The summed E-state index contributed by atoms with van der Waals surface area (Å²) in [6.45, 7) is 8.39. The highest BCUT2D eigenvalue weighted by atomic mass is 19.1. The monoisotopic (exact) mass is 422 g/mol. The molecular formula is C26H31FN2O2. The molecule has 0 radical (unpaired) electrons. The highest BCUT2D eigenvalue weighted by Crippen LogP contribution is 2.51. The molecule has 4 nitrogen and oxygen atoms in total. The summed E-state index contributed by atoms with van der Waals surface area (Å²) in [6.07, 6.45) is 16.7. The molecule has 2 heterocycles. The predicted octanol–water partition coefficient (Wildman–Crippen LogP) is 6.02. The van der Waals surface area contributed by atoms with Crippen molar-refractivity contribution in [2.75, 3.05) is 0 Å². The first-order valence-electron chi connectivity index (χ1n) is 11.1. The SMILES string of the molecule is C/C=C/[C@H]1OC(CCC)([C@]2(C)C=Cc3c(cnn3-c3ccc(F)cc3)C2)O[C@@H]1/C=C/C. The van der Waals surface area contributed by atoms with E-state index in [2.05, 4.69) is 43.3 Å². The molecule has 0 unspecified atom stereocenters. The van der Waals surface area contributed by atoms with Crippen LogP contribution >= 0.6 is 0 Å². The van der Waals surface area contributed by atoms with E-state index in [-0.39, 0.29) is 23.4 Å². The third kappa shape index (κ3) is 3.81. The summed E-state index contributed by atoms with van der Waals surface area (Å²) in [5, 5.41) is 4.59. The zero-order chi connectivity index (χ0) is 22.1. The lowest BCUT2D eigenvalue weighted by Gasteiger charge is -2.44. The van der Waals surface area contributed by atoms with Crippen molar-refractivity contribution in [3.8, 4) is 5.69 Å². The summed E-state index contributed by atoms with van der Waals surface area (Å²) >= 11 is 0. The van der Waals surface area contributed by atoms with Crippen molar-refractivity contribution in [1.29, 1.82) is 0 Å². The number of ether oxygens (including phenoxy) is 2. The average Bonchev–Trinajstić information content (AvgIpc) is 3.32. The third-order valence-corrected chi connectivity index (χ3v) is 6.31. The largest absolute Gasteiger partial charge is 0.339 e. The number of benzene rings is 1. The van der Waals surface area contributed by atoms with E-state index >= 15 is 0 Å². The number of fused-ring (bicyclic) bond motifs is 1. The van der Waals surface area contributed by atoms with Crippen LogP contribution in [0.1, 0.15) is 51.8 Å². The maximum atomic E-state index is 13.3. The molecule has 1 saturated heterocycles. The molecule has 0 N–H and O–H groups in total. The smallest absolute Gasteiger partial charge is 0.179 e. The fourth-order valence-corrected chi connectivity index (χ4v) is 4.75. The van der Waals surface area contributed by atoms with Gasteiger partial charge < -0.3 is 9.47 Å². The van der Waals surface area contributed by atoms with Crippen LogP contribution in [0.4, 0.5) is 4.39 Å². The second-order valence-electron chi connectivity index (χ2n) is 8.59. The number of hydrogen-bond donors (Lipinski definition) is 0. The molecular weight excluding hydrogens is 391 g/mol. The van der Waals surface area contributed by atoms with Crippen LogP contribution in [0.5, 0.6) is 0 Å². The Morgan fingerprint density at radius 1 is 1.13 bits per heavy atom. The van der Waals surface area contributed by atoms with Crippen LogP contribution in [-0.2, 0) is 15.9 Å². The first-order chi connectivity index (χ1) is 14.9. The van der Waals surface area contributed by atoms with Gasteiger partial charge in [-0.1, -0.05) is 50.6 Å². The summed E-state index contributed by atoms with van der Waals surface area (Å²) in [5.41, 5.74) is 2.65. The molecule has 1 fully saturated rings. The molecule has 0 amide bonds. The van der Waals surface area contributed by atoms with Crippen LogP contribution in [0.2, 0.25) is 0 Å². The summed E-state index contributed by atoms with van der Waals surface area (Å²) < 4.78 is 28.6. The molecule has 5 heteroatoms. The molecule has 2 aromatic rings. The lowest BCUT2D eigenvalue weighted by Crippen LogP contribution is -2.49. The van der Waals surface area contributed by atoms with Crippen LogP contribution in [0.3, 0.4) is 0 Å². The van der Waals surface area contributed by atoms with Gasteiger partial charge in [0.1, 0.15) is 18.0 Å². The number of rotatable bonds is 6. The van der Waals surface area contributed by atoms with E-state index in [1.54, 1.807) is 12.1 Å². The second-order valence-corrected chi connectivity index (χ2v) is 8.59. The van der Waals surface area contributed by atoms with Crippen molar-refractivity contribution in [3.05, 3.63) is 77.9 Å². The van der Waals surface area contributed by atoms with Crippen LogP contribution in [0.25, 0.3) is 11.8 Å². The van der Waals surface area contributed by atoms with Crippen molar-refractivity contribution >= 4 is 6.08 Å². The summed E-state index contributed by atoms with van der Waals surface area (Å²) in [4.78, 5) is 0. The van der Waals surface area contributed by atoms with Crippen molar-refractivity contribution in [2.24, 2.45) is 5.41 Å². The Bertz CT molecular complexity index is 985. The maximum Gasteiger partial charge on any atom is 0.179 e. The zero-order valence-electron chi connectivity index (χ0n) is 18.7. The standard InChI is InChI=1S/C26H31FN2O2/c1-5-8-23-24(9-6-2)31-26(30-23,15-7-3)25(4)16-14-22-19(17-25)18-28-29(22)21-12-10-20(27)11-13-21/h5-6,8-14,16,18,23-24H,7,15,17H2,1-4H3/b8-5+,9-6+/t23-,24-,25-/m1/s1. The van der Waals surface area contributed by atoms with Gasteiger partial charge in [0, 0.05) is 11.8 Å². The topological polar surface area (TPSA) is 36.3 Å². The summed E-state index contributed by atoms with van der Waals surface area (Å²) in [6, 6.07) is 6.41. The normalized spacial score (nSPS) is 27.4. The lowest BCUT2D eigenvalue weighted by molar-refractivity contribution is -0.232. The third-order valence-electron chi connectivity index (χ3n) is 6.31. The molecule has 0 bridgehead atoms. The van der Waals surface area contributed by atoms with Gasteiger partial charge in [0.2, 0.25) is 0 Å². The van der Waals surface area contributed by atoms with Gasteiger partial charge in [-0.15, -0.1) is 0 Å². The quantitative estimate of drug-likeness (QED) is 0.534. The number of allylic oxidation sites excluding steroid dienone is 2. The van der Waals surface area contributed by atoms with E-state index in [4.69, 9.17) is 9.47 Å². The van der Waals surface area contributed by atoms with Gasteiger partial charge in [0.05, 0.1) is 17.6 Å². The van der Waals surface area contributed by atoms with Crippen molar-refractivity contribution < 1.29 is 13.9 Å². The van der Waals surface area contributed by atoms with Gasteiger partial charge in [-0.2, -0.15) is 5.10 Å². The van der Waals surface area contributed by atoms with E-state index in [0.717, 1.165) is 36.2 Å². The highest BCUT2D eigenvalue weighted by Gasteiger charge is 2.56. The lowest BCUT2D eigenvalue weighted by atomic mass is 9.71. The zero-order valence-corrected chi connectivity index (χ0v) is 18.7. The fourth-order valence-electron chi connectivity index (χ4n) is 4.75. The molecule has 1 aromatic heterocycles. The predicted molar refractivity (Wildman–Crippen MR) is 121 cm³/mol. The Hall–Kier alpha value is -2.50. The molecule has 31 heavy (non-hydrogen) atoms. The molecule has 4 rings (SSSR count). The Balaban J connectivity index is 1.69. The molecule has 3 atom stereocenters. The first kappa shape index (κ1) is 21.7. The minimum atomic E-state index is -0.720. The molecule has 1 aliphatic heterocycles. The minimum Gasteiger partial charge on any atom is -0.339 e. The Morgan fingerprint density at radius 2 is 1.77 bits per heavy atom. The second kappa shape index (κ2) is 8.56. The Kier molecular flexibility index (Phi) is 6.00. The van der Waals surface area contributed by atoms with Gasteiger partial charge >= 0.3 is 0 Å². The molecule has 0 saturated carbocycles. The number of aromatic nitrogens is 2. The molecule has 1 aromatic carbocycles. The van der Waals surface area contributed by atoms with Crippen molar-refractivity contribution in [3.63, 3.8) is 0 Å². The molecule has 2 aliphatic rings. The van der Waals surface area contributed by atoms with Gasteiger partial charge in [0.15, 0.2) is 5.79 Å².